The molecule has 0 bridgehead atoms. The van der Waals surface area contributed by atoms with Gasteiger partial charge in [-0.25, -0.2) is 9.18 Å². The zero-order valence-electron chi connectivity index (χ0n) is 13.5. The molecule has 8 nitrogen and oxygen atoms in total. The third-order valence-corrected chi connectivity index (χ3v) is 3.45. The maximum atomic E-state index is 14.0. The second-order valence-electron chi connectivity index (χ2n) is 4.69. The monoisotopic (exact) mass is 374 g/mol. The largest absolute Gasteiger partial charge is 0.506 e. The second-order valence-corrected chi connectivity index (χ2v) is 5.07. The van der Waals surface area contributed by atoms with Crippen LogP contribution in [-0.2, 0) is 9.53 Å². The molecule has 0 aliphatic rings. The van der Waals surface area contributed by atoms with Crippen LogP contribution in [0.5, 0.6) is 0 Å². The highest BCUT2D eigenvalue weighted by atomic mass is 35.5. The standard InChI is InChI=1S/C15H16ClFN2O6/c1-3-25-15(22)10(7-18-4-5-20)14(21)9-6-11(17)8(2)13(12(9)16)19(23)24/h6-7,20-21H,3-5H2,1-2H3. The molecule has 0 spiro atoms. The molecule has 0 saturated carbocycles. The summed E-state index contributed by atoms with van der Waals surface area (Å²) >= 11 is 5.92. The van der Waals surface area contributed by atoms with E-state index in [1.54, 1.807) is 0 Å². The van der Waals surface area contributed by atoms with Gasteiger partial charge >= 0.3 is 5.97 Å². The van der Waals surface area contributed by atoms with Crippen molar-refractivity contribution in [2.75, 3.05) is 19.8 Å². The van der Waals surface area contributed by atoms with Gasteiger partial charge in [0.05, 0.1) is 30.2 Å². The van der Waals surface area contributed by atoms with Crippen LogP contribution in [0.15, 0.2) is 16.6 Å². The van der Waals surface area contributed by atoms with E-state index >= 15 is 0 Å². The topological polar surface area (TPSA) is 122 Å². The van der Waals surface area contributed by atoms with Crippen LogP contribution < -0.4 is 0 Å². The average Bonchev–Trinajstić information content (AvgIpc) is 2.54. The summed E-state index contributed by atoms with van der Waals surface area (Å²) in [6.07, 6.45) is 0.920. The molecule has 10 heteroatoms. The minimum absolute atomic E-state index is 0.0143. The van der Waals surface area contributed by atoms with Gasteiger partial charge in [-0.15, -0.1) is 0 Å². The molecule has 1 aromatic carbocycles. The SMILES string of the molecule is CCOC(=O)C(C=NCCO)=C(O)c1cc(F)c(C)c([N+](=O)[O-])c1Cl. The van der Waals surface area contributed by atoms with Crippen LogP contribution in [0.4, 0.5) is 10.1 Å². The van der Waals surface area contributed by atoms with Crippen molar-refractivity contribution in [3.05, 3.63) is 43.7 Å². The maximum absolute atomic E-state index is 14.0. The Labute approximate surface area is 147 Å². The number of halogens is 2. The highest BCUT2D eigenvalue weighted by molar-refractivity contribution is 6.35. The fourth-order valence-electron chi connectivity index (χ4n) is 1.87. The molecule has 1 aromatic rings. The van der Waals surface area contributed by atoms with Crippen molar-refractivity contribution in [2.24, 2.45) is 4.99 Å². The Morgan fingerprint density at radius 1 is 1.56 bits per heavy atom. The first kappa shape index (κ1) is 20.5. The number of rotatable bonds is 7. The van der Waals surface area contributed by atoms with E-state index in [0.717, 1.165) is 12.3 Å². The lowest BCUT2D eigenvalue weighted by atomic mass is 10.0. The van der Waals surface area contributed by atoms with E-state index in [4.69, 9.17) is 21.4 Å². The third-order valence-electron chi connectivity index (χ3n) is 3.07. The highest BCUT2D eigenvalue weighted by Crippen LogP contribution is 2.36. The molecular formula is C15H16ClFN2O6. The highest BCUT2D eigenvalue weighted by Gasteiger charge is 2.27. The van der Waals surface area contributed by atoms with E-state index in [2.05, 4.69) is 4.99 Å². The van der Waals surface area contributed by atoms with E-state index in [0.29, 0.717) is 0 Å². The quantitative estimate of drug-likeness (QED) is 0.189. The summed E-state index contributed by atoms with van der Waals surface area (Å²) in [4.78, 5) is 25.9. The number of hydrogen-bond acceptors (Lipinski definition) is 7. The van der Waals surface area contributed by atoms with Gasteiger partial charge in [0.15, 0.2) is 0 Å². The zero-order chi connectivity index (χ0) is 19.1. The van der Waals surface area contributed by atoms with Gasteiger partial charge < -0.3 is 14.9 Å². The number of hydrogen-bond donors (Lipinski definition) is 2. The smallest absolute Gasteiger partial charge is 0.343 e. The van der Waals surface area contributed by atoms with Gasteiger partial charge in [0.2, 0.25) is 0 Å². The number of nitrogens with zero attached hydrogens (tertiary/aromatic N) is 2. The molecule has 0 aliphatic heterocycles. The summed E-state index contributed by atoms with van der Waals surface area (Å²) in [7, 11) is 0. The molecule has 0 saturated heterocycles. The van der Waals surface area contributed by atoms with E-state index in [-0.39, 0.29) is 25.3 Å². The Morgan fingerprint density at radius 2 is 2.20 bits per heavy atom. The van der Waals surface area contributed by atoms with Crippen LogP contribution in [0.2, 0.25) is 5.02 Å². The average molecular weight is 375 g/mol. The molecule has 0 heterocycles. The normalized spacial score (nSPS) is 12.2. The van der Waals surface area contributed by atoms with Crippen LogP contribution >= 0.6 is 11.6 Å². The summed E-state index contributed by atoms with van der Waals surface area (Å²) in [6.45, 7) is 2.31. The lowest BCUT2D eigenvalue weighted by Crippen LogP contribution is -2.12. The zero-order valence-corrected chi connectivity index (χ0v) is 14.2. The van der Waals surface area contributed by atoms with Crippen molar-refractivity contribution in [3.8, 4) is 0 Å². The number of ether oxygens (including phenoxy) is 1. The minimum Gasteiger partial charge on any atom is -0.506 e. The van der Waals surface area contributed by atoms with E-state index < -0.39 is 44.3 Å². The van der Waals surface area contributed by atoms with Gasteiger partial charge in [0.1, 0.15) is 22.2 Å². The summed E-state index contributed by atoms with van der Waals surface area (Å²) in [6, 6.07) is 0.777. The summed E-state index contributed by atoms with van der Waals surface area (Å²) in [5, 5.41) is 29.6. The Hall–Kier alpha value is -2.52. The number of aliphatic imine (C=N–C) groups is 1. The van der Waals surface area contributed by atoms with Gasteiger partial charge in [-0.05, 0) is 19.9 Å². The number of nitro groups is 1. The molecule has 0 aromatic heterocycles. The summed E-state index contributed by atoms with van der Waals surface area (Å²) < 4.78 is 18.7. The fraction of sp³-hybridized carbons (Fsp3) is 0.333. The van der Waals surface area contributed by atoms with Crippen molar-refractivity contribution >= 4 is 35.2 Å². The van der Waals surface area contributed by atoms with Gasteiger partial charge in [-0.2, -0.15) is 0 Å². The van der Waals surface area contributed by atoms with Crippen molar-refractivity contribution in [2.45, 2.75) is 13.8 Å². The van der Waals surface area contributed by atoms with Gasteiger partial charge in [-0.1, -0.05) is 11.6 Å². The van der Waals surface area contributed by atoms with Crippen LogP contribution in [-0.4, -0.2) is 47.1 Å². The van der Waals surface area contributed by atoms with E-state index in [9.17, 15) is 24.4 Å². The fourth-order valence-corrected chi connectivity index (χ4v) is 2.23. The first-order valence-electron chi connectivity index (χ1n) is 7.10. The molecule has 2 N–H and O–H groups in total. The second kappa shape index (κ2) is 9.09. The number of carbonyl (C=O) groups is 1. The van der Waals surface area contributed by atoms with Crippen molar-refractivity contribution in [1.82, 2.24) is 0 Å². The summed E-state index contributed by atoms with van der Waals surface area (Å²) in [5.74, 6) is -2.79. The lowest BCUT2D eigenvalue weighted by molar-refractivity contribution is -0.385. The van der Waals surface area contributed by atoms with Crippen LogP contribution in [0.3, 0.4) is 0 Å². The maximum Gasteiger partial charge on any atom is 0.343 e. The van der Waals surface area contributed by atoms with Crippen molar-refractivity contribution in [1.29, 1.82) is 0 Å². The molecule has 0 aliphatic carbocycles. The van der Waals surface area contributed by atoms with Crippen LogP contribution in [0, 0.1) is 22.9 Å². The minimum atomic E-state index is -0.985. The number of carbonyl (C=O) groups excluding carboxylic acids is 1. The number of nitro benzene ring substituents is 1. The van der Waals surface area contributed by atoms with Gasteiger partial charge in [-0.3, -0.25) is 15.1 Å². The lowest BCUT2D eigenvalue weighted by Gasteiger charge is -2.10. The Kier molecular flexibility index (Phi) is 7.46. The van der Waals surface area contributed by atoms with Crippen molar-refractivity contribution < 1.29 is 29.1 Å². The molecule has 1 rings (SSSR count). The van der Waals surface area contributed by atoms with Crippen LogP contribution in [0.1, 0.15) is 18.1 Å². The molecule has 0 atom stereocenters. The molecular weight excluding hydrogens is 359 g/mol. The molecule has 0 unspecified atom stereocenters. The number of benzene rings is 1. The van der Waals surface area contributed by atoms with Gasteiger partial charge in [0.25, 0.3) is 5.69 Å². The van der Waals surface area contributed by atoms with E-state index in [1.807, 2.05) is 0 Å². The Bertz CT molecular complexity index is 748. The Morgan fingerprint density at radius 3 is 2.72 bits per heavy atom. The molecule has 0 amide bonds. The van der Waals surface area contributed by atoms with E-state index in [1.165, 1.54) is 13.8 Å². The molecule has 0 fully saturated rings. The number of aliphatic hydroxyl groups excluding tert-OH is 2. The first-order chi connectivity index (χ1) is 11.8. The Balaban J connectivity index is 3.64. The predicted molar refractivity (Wildman–Crippen MR) is 89.4 cm³/mol. The molecule has 136 valence electrons. The number of aliphatic hydroxyl groups is 2. The van der Waals surface area contributed by atoms with Crippen LogP contribution in [0.25, 0.3) is 5.76 Å². The first-order valence-corrected chi connectivity index (χ1v) is 7.48. The van der Waals surface area contributed by atoms with Gasteiger partial charge in [0, 0.05) is 11.8 Å². The van der Waals surface area contributed by atoms with Crippen molar-refractivity contribution in [3.63, 3.8) is 0 Å². The predicted octanol–water partition coefficient (Wildman–Crippen LogP) is 2.59. The molecule has 25 heavy (non-hydrogen) atoms. The number of esters is 1. The third kappa shape index (κ3) is 4.74. The molecule has 0 radical (unpaired) electrons. The summed E-state index contributed by atoms with van der Waals surface area (Å²) in [5.41, 5.74) is -1.96.